The molecular weight excluding hydrogens is 298 g/mol. The first-order valence-corrected chi connectivity index (χ1v) is 8.22. The Kier molecular flexibility index (Phi) is 3.69. The zero-order valence-electron chi connectivity index (χ0n) is 13.6. The Morgan fingerprint density at radius 1 is 1.04 bits per heavy atom. The Morgan fingerprint density at radius 3 is 2.67 bits per heavy atom. The lowest BCUT2D eigenvalue weighted by Gasteiger charge is -2.36. The van der Waals surface area contributed by atoms with Crippen LogP contribution in [0.5, 0.6) is 5.75 Å². The Balaban J connectivity index is 1.72. The highest BCUT2D eigenvalue weighted by Crippen LogP contribution is 2.35. The van der Waals surface area contributed by atoms with Crippen molar-refractivity contribution in [1.29, 1.82) is 0 Å². The first-order valence-electron chi connectivity index (χ1n) is 8.22. The molecule has 4 rings (SSSR count). The molecule has 3 heteroatoms. The van der Waals surface area contributed by atoms with Gasteiger partial charge in [0.25, 0.3) is 0 Å². The third-order valence-corrected chi connectivity index (χ3v) is 4.60. The number of carbonyl (C=O) groups excluding carboxylic acids is 1. The molecule has 1 atom stereocenters. The van der Waals surface area contributed by atoms with Crippen LogP contribution in [-0.2, 0) is 11.2 Å². The van der Waals surface area contributed by atoms with Crippen LogP contribution in [0.3, 0.4) is 0 Å². The average molecular weight is 317 g/mol. The van der Waals surface area contributed by atoms with Crippen molar-refractivity contribution in [3.05, 3.63) is 72.3 Å². The zero-order valence-corrected chi connectivity index (χ0v) is 13.6. The zero-order chi connectivity index (χ0) is 16.5. The fourth-order valence-electron chi connectivity index (χ4n) is 3.54. The summed E-state index contributed by atoms with van der Waals surface area (Å²) in [6.07, 6.45) is 0.773. The molecule has 0 spiro atoms. The minimum atomic E-state index is 0.00297. The van der Waals surface area contributed by atoms with Crippen LogP contribution in [0.25, 0.3) is 10.8 Å². The van der Waals surface area contributed by atoms with Gasteiger partial charge in [0.15, 0.2) is 0 Å². The molecule has 0 bridgehead atoms. The largest absolute Gasteiger partial charge is 0.489 e. The molecule has 0 N–H and O–H groups in total. The van der Waals surface area contributed by atoms with Gasteiger partial charge in [-0.15, -0.1) is 0 Å². The Labute approximate surface area is 141 Å². The van der Waals surface area contributed by atoms with Crippen LogP contribution in [0.1, 0.15) is 12.5 Å². The number of para-hydroxylation sites is 2. The van der Waals surface area contributed by atoms with E-state index in [4.69, 9.17) is 4.74 Å². The number of anilines is 1. The standard InChI is InChI=1S/C21H19NO2/c1-15(23)22-18(14-24-21-12-5-4-11-20(21)22)13-17-9-6-8-16-7-2-3-10-19(16)17/h2-12,18H,13-14H2,1H3/t18-/m1/s1. The van der Waals surface area contributed by atoms with Gasteiger partial charge in [-0.25, -0.2) is 0 Å². The number of hydrogen-bond acceptors (Lipinski definition) is 2. The Hall–Kier alpha value is -2.81. The van der Waals surface area contributed by atoms with E-state index in [0.717, 1.165) is 17.9 Å². The van der Waals surface area contributed by atoms with E-state index in [-0.39, 0.29) is 11.9 Å². The van der Waals surface area contributed by atoms with Gasteiger partial charge >= 0.3 is 0 Å². The molecule has 0 fully saturated rings. The predicted molar refractivity (Wildman–Crippen MR) is 96.5 cm³/mol. The lowest BCUT2D eigenvalue weighted by molar-refractivity contribution is -0.117. The first kappa shape index (κ1) is 14.8. The van der Waals surface area contributed by atoms with Gasteiger partial charge in [-0.3, -0.25) is 4.79 Å². The SMILES string of the molecule is CC(=O)N1c2ccccc2OC[C@H]1Cc1cccc2ccccc12. The number of carbonyl (C=O) groups is 1. The average Bonchev–Trinajstić information content (AvgIpc) is 2.61. The maximum Gasteiger partial charge on any atom is 0.224 e. The fraction of sp³-hybridized carbons (Fsp3) is 0.190. The monoisotopic (exact) mass is 317 g/mol. The summed E-state index contributed by atoms with van der Waals surface area (Å²) in [7, 11) is 0. The molecule has 3 aromatic carbocycles. The maximum atomic E-state index is 12.3. The normalized spacial score (nSPS) is 16.5. The van der Waals surface area contributed by atoms with E-state index in [1.54, 1.807) is 6.92 Å². The van der Waals surface area contributed by atoms with Crippen molar-refractivity contribution in [2.24, 2.45) is 0 Å². The van der Waals surface area contributed by atoms with Crippen molar-refractivity contribution in [2.75, 3.05) is 11.5 Å². The smallest absolute Gasteiger partial charge is 0.224 e. The van der Waals surface area contributed by atoms with Gasteiger partial charge in [0, 0.05) is 6.92 Å². The van der Waals surface area contributed by atoms with Crippen molar-refractivity contribution < 1.29 is 9.53 Å². The molecule has 0 saturated heterocycles. The van der Waals surface area contributed by atoms with Crippen LogP contribution in [0.15, 0.2) is 66.7 Å². The van der Waals surface area contributed by atoms with Crippen molar-refractivity contribution >= 4 is 22.4 Å². The van der Waals surface area contributed by atoms with E-state index in [0.29, 0.717) is 6.61 Å². The second-order valence-corrected chi connectivity index (χ2v) is 6.16. The molecule has 0 saturated carbocycles. The van der Waals surface area contributed by atoms with E-state index < -0.39 is 0 Å². The molecule has 1 heterocycles. The molecule has 1 aliphatic heterocycles. The minimum absolute atomic E-state index is 0.00297. The summed E-state index contributed by atoms with van der Waals surface area (Å²) in [4.78, 5) is 14.2. The number of nitrogens with zero attached hydrogens (tertiary/aromatic N) is 1. The maximum absolute atomic E-state index is 12.3. The molecule has 0 aliphatic carbocycles. The molecule has 3 aromatic rings. The molecule has 0 unspecified atom stereocenters. The van der Waals surface area contributed by atoms with E-state index >= 15 is 0 Å². The topological polar surface area (TPSA) is 29.5 Å². The van der Waals surface area contributed by atoms with Crippen LogP contribution in [-0.4, -0.2) is 18.6 Å². The van der Waals surface area contributed by atoms with Gasteiger partial charge in [0.05, 0.1) is 11.7 Å². The second kappa shape index (κ2) is 6.00. The number of hydrogen-bond donors (Lipinski definition) is 0. The summed E-state index contributed by atoms with van der Waals surface area (Å²) in [6, 6.07) is 22.4. The van der Waals surface area contributed by atoms with E-state index in [9.17, 15) is 4.79 Å². The molecule has 3 nitrogen and oxygen atoms in total. The Morgan fingerprint density at radius 2 is 1.79 bits per heavy atom. The van der Waals surface area contributed by atoms with Crippen molar-refractivity contribution in [3.8, 4) is 5.75 Å². The second-order valence-electron chi connectivity index (χ2n) is 6.16. The van der Waals surface area contributed by atoms with Crippen molar-refractivity contribution in [1.82, 2.24) is 0 Å². The first-order chi connectivity index (χ1) is 11.7. The minimum Gasteiger partial charge on any atom is -0.489 e. The summed E-state index contributed by atoms with van der Waals surface area (Å²) in [5.74, 6) is 0.831. The summed E-state index contributed by atoms with van der Waals surface area (Å²) in [6.45, 7) is 2.14. The fourth-order valence-corrected chi connectivity index (χ4v) is 3.54. The van der Waals surface area contributed by atoms with Crippen LogP contribution in [0.2, 0.25) is 0 Å². The van der Waals surface area contributed by atoms with Crippen LogP contribution in [0.4, 0.5) is 5.69 Å². The van der Waals surface area contributed by atoms with Gasteiger partial charge in [0.1, 0.15) is 12.4 Å². The third-order valence-electron chi connectivity index (χ3n) is 4.60. The molecular formula is C21H19NO2. The highest BCUT2D eigenvalue weighted by molar-refractivity contribution is 5.94. The highest BCUT2D eigenvalue weighted by Gasteiger charge is 2.30. The van der Waals surface area contributed by atoms with Crippen LogP contribution in [0, 0.1) is 0 Å². The lowest BCUT2D eigenvalue weighted by atomic mass is 9.97. The number of fused-ring (bicyclic) bond motifs is 2. The van der Waals surface area contributed by atoms with Gasteiger partial charge < -0.3 is 9.64 Å². The van der Waals surface area contributed by atoms with Gasteiger partial charge in [-0.05, 0) is 34.9 Å². The molecule has 24 heavy (non-hydrogen) atoms. The highest BCUT2D eigenvalue weighted by atomic mass is 16.5. The van der Waals surface area contributed by atoms with Gasteiger partial charge in [-0.2, -0.15) is 0 Å². The molecule has 0 radical (unpaired) electrons. The number of amides is 1. The van der Waals surface area contributed by atoms with Gasteiger partial charge in [-0.1, -0.05) is 54.6 Å². The lowest BCUT2D eigenvalue weighted by Crippen LogP contribution is -2.47. The van der Waals surface area contributed by atoms with E-state index in [1.165, 1.54) is 16.3 Å². The molecule has 1 aliphatic rings. The summed E-state index contributed by atoms with van der Waals surface area (Å²) in [5, 5.41) is 2.46. The number of benzene rings is 3. The van der Waals surface area contributed by atoms with Crippen LogP contribution < -0.4 is 9.64 Å². The van der Waals surface area contributed by atoms with E-state index in [1.807, 2.05) is 35.2 Å². The Bertz CT molecular complexity index is 898. The number of rotatable bonds is 2. The summed E-state index contributed by atoms with van der Waals surface area (Å²) in [5.41, 5.74) is 2.11. The van der Waals surface area contributed by atoms with Crippen molar-refractivity contribution in [3.63, 3.8) is 0 Å². The quantitative estimate of drug-likeness (QED) is 0.709. The predicted octanol–water partition coefficient (Wildman–Crippen LogP) is 4.20. The third kappa shape index (κ3) is 2.52. The molecule has 0 aromatic heterocycles. The summed E-state index contributed by atoms with van der Waals surface area (Å²) >= 11 is 0. The van der Waals surface area contributed by atoms with Crippen molar-refractivity contribution in [2.45, 2.75) is 19.4 Å². The molecule has 120 valence electrons. The molecule has 1 amide bonds. The number of ether oxygens (including phenoxy) is 1. The van der Waals surface area contributed by atoms with E-state index in [2.05, 4.69) is 36.4 Å². The summed E-state index contributed by atoms with van der Waals surface area (Å²) < 4.78 is 5.91. The van der Waals surface area contributed by atoms with Gasteiger partial charge in [0.2, 0.25) is 5.91 Å². The van der Waals surface area contributed by atoms with Crippen LogP contribution >= 0.6 is 0 Å².